The fraction of sp³-hybridized carbons (Fsp3) is 0.250. The van der Waals surface area contributed by atoms with Gasteiger partial charge in [0.25, 0.3) is 5.91 Å². The Bertz CT molecular complexity index is 1310. The number of H-pyrrole nitrogens is 1. The van der Waals surface area contributed by atoms with Gasteiger partial charge in [-0.1, -0.05) is 38.0 Å². The second-order valence-corrected chi connectivity index (χ2v) is 9.07. The van der Waals surface area contributed by atoms with Gasteiger partial charge in [0.05, 0.1) is 0 Å². The maximum Gasteiger partial charge on any atom is 0.274 e. The van der Waals surface area contributed by atoms with E-state index in [1.807, 2.05) is 48.7 Å². The number of carbonyl (C=O) groups is 2. The molecule has 2 unspecified atom stereocenters. The summed E-state index contributed by atoms with van der Waals surface area (Å²) in [6.45, 7) is 2.18. The number of benzene rings is 2. The summed E-state index contributed by atoms with van der Waals surface area (Å²) >= 11 is 0. The minimum Gasteiger partial charge on any atom is -0.361 e. The lowest BCUT2D eigenvalue weighted by atomic mass is 9.80. The Kier molecular flexibility index (Phi) is 6.12. The molecule has 1 aliphatic rings. The summed E-state index contributed by atoms with van der Waals surface area (Å²) < 4.78 is 0. The third-order valence-electron chi connectivity index (χ3n) is 6.75. The van der Waals surface area contributed by atoms with Gasteiger partial charge in [0.2, 0.25) is 5.91 Å². The van der Waals surface area contributed by atoms with E-state index in [9.17, 15) is 9.59 Å². The predicted molar refractivity (Wildman–Crippen MR) is 136 cm³/mol. The van der Waals surface area contributed by atoms with Crippen LogP contribution >= 0.6 is 0 Å². The molecule has 6 heteroatoms. The molecule has 2 aromatic carbocycles. The van der Waals surface area contributed by atoms with Crippen LogP contribution in [0.15, 0.2) is 73.1 Å². The maximum atomic E-state index is 12.7. The number of pyridine rings is 1. The van der Waals surface area contributed by atoms with Gasteiger partial charge in [-0.25, -0.2) is 0 Å². The zero-order valence-corrected chi connectivity index (χ0v) is 19.2. The number of aromatic amines is 1. The lowest BCUT2D eigenvalue weighted by Gasteiger charge is -2.27. The van der Waals surface area contributed by atoms with Crippen LogP contribution in [0.2, 0.25) is 0 Å². The highest BCUT2D eigenvalue weighted by molar-refractivity contribution is 6.05. The number of rotatable bonds is 5. The molecule has 0 saturated heterocycles. The van der Waals surface area contributed by atoms with Crippen LogP contribution in [0.4, 0.5) is 11.4 Å². The average molecular weight is 453 g/mol. The number of nitrogens with zero attached hydrogens (tertiary/aromatic N) is 1. The van der Waals surface area contributed by atoms with E-state index in [-0.39, 0.29) is 17.7 Å². The number of hydrogen-bond donors (Lipinski definition) is 3. The zero-order valence-electron chi connectivity index (χ0n) is 19.2. The van der Waals surface area contributed by atoms with Gasteiger partial charge in [0.1, 0.15) is 5.69 Å². The summed E-state index contributed by atoms with van der Waals surface area (Å²) in [6, 6.07) is 19.0. The smallest absolute Gasteiger partial charge is 0.274 e. The average Bonchev–Trinajstić information content (AvgIpc) is 3.28. The summed E-state index contributed by atoms with van der Waals surface area (Å²) in [6.07, 6.45) is 8.02. The molecule has 6 nitrogen and oxygen atoms in total. The molecule has 2 amide bonds. The molecule has 0 radical (unpaired) electrons. The first-order chi connectivity index (χ1) is 16.6. The molecule has 1 saturated carbocycles. The monoisotopic (exact) mass is 452 g/mol. The minimum atomic E-state index is -0.246. The highest BCUT2D eigenvalue weighted by atomic mass is 16.2. The van der Waals surface area contributed by atoms with Gasteiger partial charge < -0.3 is 15.6 Å². The molecule has 2 aromatic heterocycles. The van der Waals surface area contributed by atoms with Gasteiger partial charge in [0.15, 0.2) is 0 Å². The molecule has 172 valence electrons. The van der Waals surface area contributed by atoms with E-state index in [0.29, 0.717) is 17.3 Å². The molecule has 2 atom stereocenters. The third-order valence-corrected chi connectivity index (χ3v) is 6.75. The Morgan fingerprint density at radius 2 is 1.74 bits per heavy atom. The van der Waals surface area contributed by atoms with E-state index in [1.54, 1.807) is 24.4 Å². The van der Waals surface area contributed by atoms with Gasteiger partial charge in [-0.3, -0.25) is 14.6 Å². The van der Waals surface area contributed by atoms with Crippen LogP contribution in [0.3, 0.4) is 0 Å². The van der Waals surface area contributed by atoms with Crippen LogP contribution in [-0.4, -0.2) is 21.8 Å². The number of hydrogen-bond acceptors (Lipinski definition) is 3. The second-order valence-electron chi connectivity index (χ2n) is 9.07. The minimum absolute atomic E-state index is 0.0989. The van der Waals surface area contributed by atoms with Crippen LogP contribution in [0.25, 0.3) is 22.0 Å². The quantitative estimate of drug-likeness (QED) is 0.335. The Hall–Kier alpha value is -3.93. The number of fused-ring (bicyclic) bond motifs is 1. The van der Waals surface area contributed by atoms with Crippen LogP contribution in [0.5, 0.6) is 0 Å². The largest absolute Gasteiger partial charge is 0.361 e. The van der Waals surface area contributed by atoms with Crippen molar-refractivity contribution in [1.29, 1.82) is 0 Å². The molecule has 2 heterocycles. The first kappa shape index (κ1) is 21.9. The van der Waals surface area contributed by atoms with Gasteiger partial charge in [-0.15, -0.1) is 0 Å². The topological polar surface area (TPSA) is 86.9 Å². The van der Waals surface area contributed by atoms with Gasteiger partial charge in [0, 0.05) is 46.2 Å². The van der Waals surface area contributed by atoms with Crippen LogP contribution in [-0.2, 0) is 4.79 Å². The lowest BCUT2D eigenvalue weighted by Crippen LogP contribution is -2.30. The van der Waals surface area contributed by atoms with Crippen molar-refractivity contribution in [2.45, 2.75) is 32.6 Å². The Balaban J connectivity index is 1.33. The molecule has 0 aliphatic heterocycles. The predicted octanol–water partition coefficient (Wildman–Crippen LogP) is 6.25. The van der Waals surface area contributed by atoms with Crippen molar-refractivity contribution in [3.8, 4) is 11.1 Å². The fourth-order valence-corrected chi connectivity index (χ4v) is 4.80. The van der Waals surface area contributed by atoms with Crippen molar-refractivity contribution in [1.82, 2.24) is 9.97 Å². The first-order valence-corrected chi connectivity index (χ1v) is 11.8. The van der Waals surface area contributed by atoms with E-state index in [0.717, 1.165) is 47.0 Å². The van der Waals surface area contributed by atoms with Crippen molar-refractivity contribution >= 4 is 34.1 Å². The van der Waals surface area contributed by atoms with Crippen LogP contribution < -0.4 is 10.6 Å². The van der Waals surface area contributed by atoms with Gasteiger partial charge in [-0.2, -0.15) is 0 Å². The zero-order chi connectivity index (χ0) is 23.5. The number of nitrogens with one attached hydrogen (secondary N) is 3. The van der Waals surface area contributed by atoms with E-state index in [2.05, 4.69) is 27.5 Å². The molecule has 3 N–H and O–H groups in total. The van der Waals surface area contributed by atoms with Crippen molar-refractivity contribution in [3.63, 3.8) is 0 Å². The lowest BCUT2D eigenvalue weighted by molar-refractivity contribution is -0.122. The normalized spacial score (nSPS) is 17.9. The van der Waals surface area contributed by atoms with E-state index >= 15 is 0 Å². The van der Waals surface area contributed by atoms with E-state index in [4.69, 9.17) is 0 Å². The third kappa shape index (κ3) is 4.57. The summed E-state index contributed by atoms with van der Waals surface area (Å²) in [7, 11) is 0. The highest BCUT2D eigenvalue weighted by Crippen LogP contribution is 2.33. The highest BCUT2D eigenvalue weighted by Gasteiger charge is 2.27. The Labute approximate surface area is 198 Å². The SMILES string of the molecule is CC1CCCCC1C(=O)Nc1ccc(-c2c[nH]c3ccc(NC(=O)c4ccccn4)cc23)cc1. The fourth-order valence-electron chi connectivity index (χ4n) is 4.80. The van der Waals surface area contributed by atoms with Crippen molar-refractivity contribution in [3.05, 3.63) is 78.8 Å². The molecule has 34 heavy (non-hydrogen) atoms. The van der Waals surface area contributed by atoms with Crippen molar-refractivity contribution in [2.24, 2.45) is 11.8 Å². The summed E-state index contributed by atoms with van der Waals surface area (Å²) in [5, 5.41) is 7.03. The molecule has 5 rings (SSSR count). The molecule has 1 aliphatic carbocycles. The summed E-state index contributed by atoms with van der Waals surface area (Å²) in [5.41, 5.74) is 4.93. The number of amides is 2. The van der Waals surface area contributed by atoms with Crippen LogP contribution in [0, 0.1) is 11.8 Å². The molecular weight excluding hydrogens is 424 g/mol. The first-order valence-electron chi connectivity index (χ1n) is 11.8. The van der Waals surface area contributed by atoms with E-state index in [1.165, 1.54) is 6.42 Å². The van der Waals surface area contributed by atoms with Gasteiger partial charge >= 0.3 is 0 Å². The Morgan fingerprint density at radius 1 is 0.941 bits per heavy atom. The van der Waals surface area contributed by atoms with Crippen LogP contribution in [0.1, 0.15) is 43.1 Å². The number of anilines is 2. The maximum absolute atomic E-state index is 12.7. The molecular formula is C28H28N4O2. The van der Waals surface area contributed by atoms with Crippen molar-refractivity contribution in [2.75, 3.05) is 10.6 Å². The Morgan fingerprint density at radius 3 is 2.50 bits per heavy atom. The number of carbonyl (C=O) groups excluding carboxylic acids is 2. The standard InChI is InChI=1S/C28H28N4O2/c1-18-6-2-3-7-22(18)27(33)31-20-11-9-19(10-12-20)24-17-30-25-14-13-21(16-23(24)25)32-28(34)26-8-4-5-15-29-26/h4-5,8-18,22,30H,2-3,6-7H2,1H3,(H,31,33)(H,32,34). The molecule has 4 aromatic rings. The molecule has 1 fully saturated rings. The van der Waals surface area contributed by atoms with Gasteiger partial charge in [-0.05, 0) is 66.8 Å². The number of aromatic nitrogens is 2. The molecule has 0 bridgehead atoms. The summed E-state index contributed by atoms with van der Waals surface area (Å²) in [4.78, 5) is 32.6. The summed E-state index contributed by atoms with van der Waals surface area (Å²) in [5.74, 6) is 0.415. The van der Waals surface area contributed by atoms with Crippen molar-refractivity contribution < 1.29 is 9.59 Å². The second kappa shape index (κ2) is 9.51. The van der Waals surface area contributed by atoms with E-state index < -0.39 is 0 Å². The molecule has 0 spiro atoms.